The predicted molar refractivity (Wildman–Crippen MR) is 80.8 cm³/mol. The molecule has 2 N–H and O–H groups in total. The van der Waals surface area contributed by atoms with Gasteiger partial charge in [-0.1, -0.05) is 12.1 Å². The van der Waals surface area contributed by atoms with Gasteiger partial charge in [0.1, 0.15) is 5.82 Å². The molecule has 1 aromatic heterocycles. The third-order valence-electron chi connectivity index (χ3n) is 3.12. The van der Waals surface area contributed by atoms with Crippen molar-refractivity contribution in [2.75, 3.05) is 27.3 Å². The van der Waals surface area contributed by atoms with Crippen LogP contribution in [0.25, 0.3) is 11.0 Å². The van der Waals surface area contributed by atoms with Crippen molar-refractivity contribution in [3.05, 3.63) is 30.1 Å². The van der Waals surface area contributed by atoms with Crippen LogP contribution in [0.1, 0.15) is 5.82 Å². The lowest BCUT2D eigenvalue weighted by atomic mass is 10.3. The molecule has 6 heteroatoms. The number of ether oxygens (including phenoxy) is 1. The van der Waals surface area contributed by atoms with Gasteiger partial charge < -0.3 is 19.9 Å². The van der Waals surface area contributed by atoms with Crippen LogP contribution in [0.3, 0.4) is 0 Å². The summed E-state index contributed by atoms with van der Waals surface area (Å²) in [6.45, 7) is 1.99. The van der Waals surface area contributed by atoms with Crippen molar-refractivity contribution in [3.63, 3.8) is 0 Å². The normalized spacial score (nSPS) is 11.8. The van der Waals surface area contributed by atoms with Crippen LogP contribution in [0, 0.1) is 0 Å². The Balaban J connectivity index is 1.99. The van der Waals surface area contributed by atoms with Gasteiger partial charge in [0.2, 0.25) is 0 Å². The van der Waals surface area contributed by atoms with E-state index in [1.807, 2.05) is 25.2 Å². The molecule has 1 heterocycles. The summed E-state index contributed by atoms with van der Waals surface area (Å²) >= 11 is 0. The maximum absolute atomic E-state index is 5.00. The number of rotatable bonds is 5. The molecule has 0 saturated carbocycles. The average Bonchev–Trinajstić information content (AvgIpc) is 2.80. The zero-order chi connectivity index (χ0) is 14.4. The lowest BCUT2D eigenvalue weighted by Crippen LogP contribution is -2.38. The van der Waals surface area contributed by atoms with Crippen molar-refractivity contribution >= 4 is 17.0 Å². The molecule has 1 aromatic carbocycles. The summed E-state index contributed by atoms with van der Waals surface area (Å²) < 4.78 is 7.08. The van der Waals surface area contributed by atoms with Crippen molar-refractivity contribution in [3.8, 4) is 0 Å². The van der Waals surface area contributed by atoms with Gasteiger partial charge in [0.05, 0.1) is 24.2 Å². The van der Waals surface area contributed by atoms with Crippen molar-refractivity contribution < 1.29 is 4.74 Å². The number of nitrogens with zero attached hydrogens (tertiary/aromatic N) is 3. The Hall–Kier alpha value is -2.08. The molecule has 20 heavy (non-hydrogen) atoms. The highest BCUT2D eigenvalue weighted by molar-refractivity contribution is 5.80. The average molecular weight is 275 g/mol. The Morgan fingerprint density at radius 1 is 1.35 bits per heavy atom. The molecule has 0 amide bonds. The van der Waals surface area contributed by atoms with Gasteiger partial charge in [-0.05, 0) is 12.1 Å². The molecule has 0 aliphatic carbocycles. The van der Waals surface area contributed by atoms with Crippen LogP contribution < -0.4 is 10.6 Å². The van der Waals surface area contributed by atoms with E-state index in [0.717, 1.165) is 29.4 Å². The Labute approximate surface area is 118 Å². The fourth-order valence-corrected chi connectivity index (χ4v) is 2.01. The van der Waals surface area contributed by atoms with E-state index in [2.05, 4.69) is 31.2 Å². The van der Waals surface area contributed by atoms with E-state index in [1.54, 1.807) is 14.2 Å². The Kier molecular flexibility index (Phi) is 4.95. The van der Waals surface area contributed by atoms with Crippen LogP contribution >= 0.6 is 0 Å². The van der Waals surface area contributed by atoms with Crippen LogP contribution in [0.4, 0.5) is 0 Å². The van der Waals surface area contributed by atoms with Crippen LogP contribution in [0.15, 0.2) is 29.3 Å². The van der Waals surface area contributed by atoms with Gasteiger partial charge in [-0.2, -0.15) is 0 Å². The number of fused-ring (bicyclic) bond motifs is 1. The SMILES string of the molecule is CN=C(NCCOC)NCc1nc2ccccc2n1C. The first-order valence-electron chi connectivity index (χ1n) is 6.60. The molecule has 0 aliphatic rings. The first kappa shape index (κ1) is 14.3. The van der Waals surface area contributed by atoms with Crippen molar-refractivity contribution in [2.24, 2.45) is 12.0 Å². The standard InChI is InChI=1S/C14H21N5O/c1-15-14(16-8-9-20-3)17-10-13-18-11-6-4-5-7-12(11)19(13)2/h4-7H,8-10H2,1-3H3,(H2,15,16,17). The summed E-state index contributed by atoms with van der Waals surface area (Å²) in [4.78, 5) is 8.77. The lowest BCUT2D eigenvalue weighted by molar-refractivity contribution is 0.203. The van der Waals surface area contributed by atoms with Crippen molar-refractivity contribution in [1.29, 1.82) is 0 Å². The molecular weight excluding hydrogens is 254 g/mol. The number of aliphatic imine (C=N–C) groups is 1. The van der Waals surface area contributed by atoms with Gasteiger partial charge in [-0.25, -0.2) is 4.98 Å². The first-order chi connectivity index (χ1) is 9.76. The highest BCUT2D eigenvalue weighted by Crippen LogP contribution is 2.13. The number of hydrogen-bond donors (Lipinski definition) is 2. The number of methoxy groups -OCH3 is 1. The predicted octanol–water partition coefficient (Wildman–Crippen LogP) is 0.885. The maximum atomic E-state index is 5.00. The van der Waals surface area contributed by atoms with Gasteiger partial charge in [0.15, 0.2) is 5.96 Å². The van der Waals surface area contributed by atoms with E-state index in [4.69, 9.17) is 4.74 Å². The summed E-state index contributed by atoms with van der Waals surface area (Å²) in [5.41, 5.74) is 2.14. The van der Waals surface area contributed by atoms with E-state index < -0.39 is 0 Å². The zero-order valence-corrected chi connectivity index (χ0v) is 12.2. The summed E-state index contributed by atoms with van der Waals surface area (Å²) in [6, 6.07) is 8.10. The molecule has 108 valence electrons. The quantitative estimate of drug-likeness (QED) is 0.483. The first-order valence-corrected chi connectivity index (χ1v) is 6.60. The minimum absolute atomic E-state index is 0.623. The van der Waals surface area contributed by atoms with Crippen LogP contribution in [0.5, 0.6) is 0 Å². The van der Waals surface area contributed by atoms with Crippen LogP contribution in [-0.2, 0) is 18.3 Å². The van der Waals surface area contributed by atoms with E-state index >= 15 is 0 Å². The summed E-state index contributed by atoms with van der Waals surface area (Å²) in [7, 11) is 5.45. The highest BCUT2D eigenvalue weighted by Gasteiger charge is 2.07. The number of nitrogens with one attached hydrogen (secondary N) is 2. The molecule has 0 spiro atoms. The van der Waals surface area contributed by atoms with Crippen molar-refractivity contribution in [2.45, 2.75) is 6.54 Å². The molecule has 0 saturated heterocycles. The fraction of sp³-hybridized carbons (Fsp3) is 0.429. The lowest BCUT2D eigenvalue weighted by Gasteiger charge is -2.11. The molecule has 0 fully saturated rings. The zero-order valence-electron chi connectivity index (χ0n) is 12.2. The van der Waals surface area contributed by atoms with Gasteiger partial charge >= 0.3 is 0 Å². The Bertz CT molecular complexity index is 590. The monoisotopic (exact) mass is 275 g/mol. The molecule has 0 unspecified atom stereocenters. The molecule has 2 aromatic rings. The number of aromatic nitrogens is 2. The number of hydrogen-bond acceptors (Lipinski definition) is 3. The van der Waals surface area contributed by atoms with Crippen LogP contribution in [-0.4, -0.2) is 42.8 Å². The fourth-order valence-electron chi connectivity index (χ4n) is 2.01. The molecular formula is C14H21N5O. The minimum Gasteiger partial charge on any atom is -0.383 e. The molecule has 0 radical (unpaired) electrons. The summed E-state index contributed by atoms with van der Waals surface area (Å²) in [5.74, 6) is 1.72. The molecule has 0 atom stereocenters. The van der Waals surface area contributed by atoms with Crippen LogP contribution in [0.2, 0.25) is 0 Å². The van der Waals surface area contributed by atoms with Gasteiger partial charge in [0.25, 0.3) is 0 Å². The van der Waals surface area contributed by atoms with Gasteiger partial charge in [-0.3, -0.25) is 4.99 Å². The van der Waals surface area contributed by atoms with Crippen molar-refractivity contribution in [1.82, 2.24) is 20.2 Å². The van der Waals surface area contributed by atoms with E-state index in [-0.39, 0.29) is 0 Å². The largest absolute Gasteiger partial charge is 0.383 e. The molecule has 6 nitrogen and oxygen atoms in total. The summed E-state index contributed by atoms with van der Waals surface area (Å²) in [6.07, 6.45) is 0. The number of benzene rings is 1. The third-order valence-corrected chi connectivity index (χ3v) is 3.12. The number of guanidine groups is 1. The highest BCUT2D eigenvalue weighted by atomic mass is 16.5. The Morgan fingerprint density at radius 2 is 2.15 bits per heavy atom. The summed E-state index contributed by atoms with van der Waals surface area (Å²) in [5, 5.41) is 6.42. The van der Waals surface area contributed by atoms with E-state index in [0.29, 0.717) is 13.2 Å². The van der Waals surface area contributed by atoms with E-state index in [1.165, 1.54) is 0 Å². The Morgan fingerprint density at radius 3 is 2.85 bits per heavy atom. The minimum atomic E-state index is 0.623. The topological polar surface area (TPSA) is 63.5 Å². The number of aryl methyl sites for hydroxylation is 1. The maximum Gasteiger partial charge on any atom is 0.191 e. The number of para-hydroxylation sites is 2. The van der Waals surface area contributed by atoms with Gasteiger partial charge in [-0.15, -0.1) is 0 Å². The second-order valence-electron chi connectivity index (χ2n) is 4.42. The smallest absolute Gasteiger partial charge is 0.191 e. The second kappa shape index (κ2) is 6.91. The molecule has 2 rings (SSSR count). The molecule has 0 bridgehead atoms. The second-order valence-corrected chi connectivity index (χ2v) is 4.42. The third kappa shape index (κ3) is 3.27. The van der Waals surface area contributed by atoms with Gasteiger partial charge in [0, 0.05) is 27.7 Å². The number of imidazole rings is 1. The molecule has 0 aliphatic heterocycles. The van der Waals surface area contributed by atoms with E-state index in [9.17, 15) is 0 Å².